The standard InChI is InChI=1S/C20H18BrF2N3O3/c21-12-4-9-16-15(11-12)18(25-26(16)17-3-1-2-10-28-17)19(27)24-13-5-7-14(8-6-13)29-20(22)23/h4-9,11,17,20H,1-3,10H2,(H,24,27). The van der Waals surface area contributed by atoms with Gasteiger partial charge in [-0.25, -0.2) is 4.68 Å². The Morgan fingerprint density at radius 3 is 2.72 bits per heavy atom. The quantitative estimate of drug-likeness (QED) is 0.551. The first kappa shape index (κ1) is 19.8. The van der Waals surface area contributed by atoms with Gasteiger partial charge in [-0.1, -0.05) is 15.9 Å². The van der Waals surface area contributed by atoms with Crippen molar-refractivity contribution in [3.8, 4) is 5.75 Å². The summed E-state index contributed by atoms with van der Waals surface area (Å²) >= 11 is 3.44. The lowest BCUT2D eigenvalue weighted by Crippen LogP contribution is -2.20. The monoisotopic (exact) mass is 465 g/mol. The van der Waals surface area contributed by atoms with Crippen LogP contribution in [0.5, 0.6) is 5.75 Å². The molecular formula is C20H18BrF2N3O3. The van der Waals surface area contributed by atoms with Gasteiger partial charge >= 0.3 is 6.61 Å². The zero-order chi connectivity index (χ0) is 20.4. The number of carbonyl (C=O) groups excluding carboxylic acids is 1. The van der Waals surface area contributed by atoms with Crippen LogP contribution >= 0.6 is 15.9 Å². The molecule has 0 saturated carbocycles. The van der Waals surface area contributed by atoms with Gasteiger partial charge in [0.2, 0.25) is 0 Å². The van der Waals surface area contributed by atoms with E-state index >= 15 is 0 Å². The first-order valence-electron chi connectivity index (χ1n) is 9.17. The Balaban J connectivity index is 1.62. The fourth-order valence-corrected chi connectivity index (χ4v) is 3.69. The molecule has 0 radical (unpaired) electrons. The largest absolute Gasteiger partial charge is 0.435 e. The summed E-state index contributed by atoms with van der Waals surface area (Å²) in [5.41, 5.74) is 1.53. The molecule has 4 rings (SSSR count). The molecule has 1 aliphatic heterocycles. The van der Waals surface area contributed by atoms with E-state index in [2.05, 4.69) is 31.1 Å². The van der Waals surface area contributed by atoms with E-state index < -0.39 is 12.5 Å². The minimum atomic E-state index is -2.90. The van der Waals surface area contributed by atoms with Gasteiger partial charge in [0, 0.05) is 22.2 Å². The minimum Gasteiger partial charge on any atom is -0.435 e. The second kappa shape index (κ2) is 8.46. The highest BCUT2D eigenvalue weighted by Gasteiger charge is 2.24. The van der Waals surface area contributed by atoms with E-state index in [4.69, 9.17) is 4.74 Å². The van der Waals surface area contributed by atoms with Gasteiger partial charge in [-0.15, -0.1) is 0 Å². The molecule has 152 valence electrons. The molecule has 0 aliphatic carbocycles. The molecule has 1 atom stereocenters. The Kier molecular flexibility index (Phi) is 5.77. The Morgan fingerprint density at radius 2 is 2.03 bits per heavy atom. The van der Waals surface area contributed by atoms with Crippen molar-refractivity contribution in [3.63, 3.8) is 0 Å². The van der Waals surface area contributed by atoms with E-state index in [-0.39, 0.29) is 17.7 Å². The zero-order valence-electron chi connectivity index (χ0n) is 15.3. The third kappa shape index (κ3) is 4.40. The summed E-state index contributed by atoms with van der Waals surface area (Å²) in [5.74, 6) is -0.378. The Morgan fingerprint density at radius 1 is 1.24 bits per heavy atom. The number of nitrogens with one attached hydrogen (secondary N) is 1. The SMILES string of the molecule is O=C(Nc1ccc(OC(F)F)cc1)c1nn(C2CCCCO2)c2ccc(Br)cc12. The molecule has 9 heteroatoms. The van der Waals surface area contributed by atoms with Crippen LogP contribution in [-0.4, -0.2) is 28.9 Å². The summed E-state index contributed by atoms with van der Waals surface area (Å²) in [5, 5.41) is 7.99. The van der Waals surface area contributed by atoms with Crippen molar-refractivity contribution in [3.05, 3.63) is 52.6 Å². The van der Waals surface area contributed by atoms with Crippen molar-refractivity contribution in [2.75, 3.05) is 11.9 Å². The first-order chi connectivity index (χ1) is 14.0. The molecule has 3 aromatic rings. The van der Waals surface area contributed by atoms with Crippen LogP contribution in [0, 0.1) is 0 Å². The smallest absolute Gasteiger partial charge is 0.387 e. The van der Waals surface area contributed by atoms with Gasteiger partial charge in [0.05, 0.1) is 5.52 Å². The number of halogens is 3. The van der Waals surface area contributed by atoms with Gasteiger partial charge in [0.25, 0.3) is 5.91 Å². The summed E-state index contributed by atoms with van der Waals surface area (Å²) in [6.45, 7) is -2.23. The number of amides is 1. The van der Waals surface area contributed by atoms with Gasteiger partial charge in [0.15, 0.2) is 11.9 Å². The predicted octanol–water partition coefficient (Wildman–Crippen LogP) is 5.35. The Hall–Kier alpha value is -2.52. The lowest BCUT2D eigenvalue weighted by molar-refractivity contribution is -0.0498. The van der Waals surface area contributed by atoms with E-state index in [9.17, 15) is 13.6 Å². The Labute approximate surface area is 173 Å². The molecule has 1 fully saturated rings. The van der Waals surface area contributed by atoms with Gasteiger partial charge in [-0.05, 0) is 61.7 Å². The van der Waals surface area contributed by atoms with Crippen LogP contribution in [0.2, 0.25) is 0 Å². The van der Waals surface area contributed by atoms with E-state index in [1.807, 2.05) is 18.2 Å². The second-order valence-corrected chi connectivity index (χ2v) is 7.55. The fraction of sp³-hybridized carbons (Fsp3) is 0.300. The van der Waals surface area contributed by atoms with Crippen LogP contribution in [0.3, 0.4) is 0 Å². The summed E-state index contributed by atoms with van der Waals surface area (Å²) < 4.78 is 37.3. The number of hydrogen-bond donors (Lipinski definition) is 1. The molecule has 0 spiro atoms. The molecule has 1 saturated heterocycles. The molecular weight excluding hydrogens is 448 g/mol. The van der Waals surface area contributed by atoms with Crippen LogP contribution < -0.4 is 10.1 Å². The van der Waals surface area contributed by atoms with E-state index in [0.29, 0.717) is 17.7 Å². The number of benzene rings is 2. The van der Waals surface area contributed by atoms with Crippen LogP contribution in [0.15, 0.2) is 46.9 Å². The number of ether oxygens (including phenoxy) is 2. The molecule has 2 aromatic carbocycles. The predicted molar refractivity (Wildman–Crippen MR) is 107 cm³/mol. The normalized spacial score (nSPS) is 16.9. The first-order valence-corrected chi connectivity index (χ1v) is 9.96. The number of nitrogens with zero attached hydrogens (tertiary/aromatic N) is 2. The van der Waals surface area contributed by atoms with Crippen LogP contribution in [0.4, 0.5) is 14.5 Å². The lowest BCUT2D eigenvalue weighted by Gasteiger charge is -2.23. The topological polar surface area (TPSA) is 65.4 Å². The maximum absolute atomic E-state index is 12.9. The number of alkyl halides is 2. The highest BCUT2D eigenvalue weighted by Crippen LogP contribution is 2.30. The Bertz CT molecular complexity index is 1020. The number of rotatable bonds is 5. The van der Waals surface area contributed by atoms with Crippen LogP contribution in [0.25, 0.3) is 10.9 Å². The number of anilines is 1. The zero-order valence-corrected chi connectivity index (χ0v) is 16.9. The van der Waals surface area contributed by atoms with E-state index in [0.717, 1.165) is 29.3 Å². The van der Waals surface area contributed by atoms with Crippen molar-refractivity contribution in [1.82, 2.24) is 9.78 Å². The van der Waals surface area contributed by atoms with Crippen molar-refractivity contribution in [2.24, 2.45) is 0 Å². The summed E-state index contributed by atoms with van der Waals surface area (Å²) in [6.07, 6.45) is 2.68. The summed E-state index contributed by atoms with van der Waals surface area (Å²) in [6, 6.07) is 11.4. The molecule has 6 nitrogen and oxygen atoms in total. The van der Waals surface area contributed by atoms with Gasteiger partial charge in [0.1, 0.15) is 5.75 Å². The van der Waals surface area contributed by atoms with Crippen molar-refractivity contribution in [2.45, 2.75) is 32.1 Å². The fourth-order valence-electron chi connectivity index (χ4n) is 3.33. The summed E-state index contributed by atoms with van der Waals surface area (Å²) in [7, 11) is 0. The van der Waals surface area contributed by atoms with E-state index in [1.54, 1.807) is 4.68 Å². The average Bonchev–Trinajstić information content (AvgIpc) is 3.08. The number of hydrogen-bond acceptors (Lipinski definition) is 4. The lowest BCUT2D eigenvalue weighted by atomic mass is 10.1. The summed E-state index contributed by atoms with van der Waals surface area (Å²) in [4.78, 5) is 12.9. The molecule has 29 heavy (non-hydrogen) atoms. The van der Waals surface area contributed by atoms with Crippen LogP contribution in [-0.2, 0) is 4.74 Å². The van der Waals surface area contributed by atoms with Crippen LogP contribution in [0.1, 0.15) is 36.0 Å². The van der Waals surface area contributed by atoms with E-state index in [1.165, 1.54) is 24.3 Å². The molecule has 2 heterocycles. The number of aromatic nitrogens is 2. The van der Waals surface area contributed by atoms with Crippen molar-refractivity contribution < 1.29 is 23.0 Å². The minimum absolute atomic E-state index is 0.0195. The maximum Gasteiger partial charge on any atom is 0.387 e. The maximum atomic E-state index is 12.9. The van der Waals surface area contributed by atoms with Gasteiger partial charge < -0.3 is 14.8 Å². The molecule has 0 bridgehead atoms. The highest BCUT2D eigenvalue weighted by atomic mass is 79.9. The molecule has 1 N–H and O–H groups in total. The van der Waals surface area contributed by atoms with Crippen molar-refractivity contribution >= 4 is 38.4 Å². The molecule has 1 amide bonds. The highest BCUT2D eigenvalue weighted by molar-refractivity contribution is 9.10. The molecule has 1 unspecified atom stereocenters. The molecule has 1 aliphatic rings. The number of fused-ring (bicyclic) bond motifs is 1. The molecule has 1 aromatic heterocycles. The third-order valence-corrected chi connectivity index (χ3v) is 5.14. The number of carbonyl (C=O) groups is 1. The average molecular weight is 466 g/mol. The van der Waals surface area contributed by atoms with Gasteiger partial charge in [-0.2, -0.15) is 13.9 Å². The van der Waals surface area contributed by atoms with Crippen molar-refractivity contribution in [1.29, 1.82) is 0 Å². The third-order valence-electron chi connectivity index (χ3n) is 4.65. The second-order valence-electron chi connectivity index (χ2n) is 6.63. The van der Waals surface area contributed by atoms with Gasteiger partial charge in [-0.3, -0.25) is 4.79 Å².